The summed E-state index contributed by atoms with van der Waals surface area (Å²) in [4.78, 5) is 15.3. The van der Waals surface area contributed by atoms with Gasteiger partial charge in [0.1, 0.15) is 12.2 Å². The van der Waals surface area contributed by atoms with Crippen LogP contribution >= 0.6 is 0 Å². The van der Waals surface area contributed by atoms with Gasteiger partial charge in [0, 0.05) is 6.54 Å². The van der Waals surface area contributed by atoms with E-state index in [1.807, 2.05) is 23.1 Å². The number of carbonyl (C=O) groups excluding carboxylic acids is 1. The molecule has 186 valence electrons. The van der Waals surface area contributed by atoms with Crippen molar-refractivity contribution < 1.29 is 14.6 Å². The first kappa shape index (κ1) is 23.2. The van der Waals surface area contributed by atoms with Crippen molar-refractivity contribution in [3.05, 3.63) is 71.3 Å². The monoisotopic (exact) mass is 473 g/mol. The summed E-state index contributed by atoms with van der Waals surface area (Å²) in [5.41, 5.74) is 3.18. The first-order chi connectivity index (χ1) is 17.0. The van der Waals surface area contributed by atoms with Crippen LogP contribution in [0.4, 0.5) is 0 Å². The third kappa shape index (κ3) is 3.43. The van der Waals surface area contributed by atoms with E-state index < -0.39 is 11.7 Å². The van der Waals surface area contributed by atoms with Gasteiger partial charge in [0.25, 0.3) is 0 Å². The van der Waals surface area contributed by atoms with Gasteiger partial charge in [-0.2, -0.15) is 0 Å². The van der Waals surface area contributed by atoms with Crippen LogP contribution in [0.3, 0.4) is 0 Å². The van der Waals surface area contributed by atoms with E-state index in [9.17, 15) is 9.90 Å². The molecule has 6 rings (SSSR count). The van der Waals surface area contributed by atoms with Crippen molar-refractivity contribution in [3.8, 4) is 0 Å². The molecule has 1 aliphatic heterocycles. The minimum absolute atomic E-state index is 0.0506. The Bertz CT molecular complexity index is 1090. The summed E-state index contributed by atoms with van der Waals surface area (Å²) in [6.45, 7) is 5.27. The van der Waals surface area contributed by atoms with Gasteiger partial charge in [-0.25, -0.2) is 0 Å². The van der Waals surface area contributed by atoms with Crippen LogP contribution in [0.1, 0.15) is 81.0 Å². The molecule has 1 saturated heterocycles. The lowest BCUT2D eigenvalue weighted by Crippen LogP contribution is -2.61. The Labute approximate surface area is 209 Å². The van der Waals surface area contributed by atoms with Gasteiger partial charge in [-0.1, -0.05) is 74.9 Å². The van der Waals surface area contributed by atoms with E-state index in [0.29, 0.717) is 24.3 Å². The molecule has 1 spiro atoms. The van der Waals surface area contributed by atoms with Gasteiger partial charge in [-0.15, -0.1) is 0 Å². The number of benzene rings is 2. The molecule has 2 aromatic rings. The SMILES string of the molecule is CCCCN1C(=O)CO[C@]2(C[C@H]3[C@@H]4CCc5ccccc5[C@H]4CC[C@]3(C)[C@H]2O)[C@H]1c1ccccc1. The maximum absolute atomic E-state index is 13.2. The summed E-state index contributed by atoms with van der Waals surface area (Å²) in [6.07, 6.45) is 6.65. The van der Waals surface area contributed by atoms with E-state index in [-0.39, 0.29) is 24.0 Å². The normalized spacial score (nSPS) is 38.2. The summed E-state index contributed by atoms with van der Waals surface area (Å²) in [6, 6.07) is 19.1. The van der Waals surface area contributed by atoms with Gasteiger partial charge in [-0.3, -0.25) is 4.79 Å². The molecule has 2 saturated carbocycles. The van der Waals surface area contributed by atoms with E-state index in [4.69, 9.17) is 4.74 Å². The van der Waals surface area contributed by atoms with Gasteiger partial charge < -0.3 is 14.7 Å². The highest BCUT2D eigenvalue weighted by molar-refractivity contribution is 5.79. The van der Waals surface area contributed by atoms with Crippen LogP contribution in [-0.4, -0.2) is 40.8 Å². The van der Waals surface area contributed by atoms with Crippen molar-refractivity contribution in [2.45, 2.75) is 82.5 Å². The standard InChI is InChI=1S/C31H39NO3/c1-3-4-18-32-27(33)20-35-31(28(32)22-11-6-5-7-12-22)19-26-25-15-14-21-10-8-9-13-23(21)24(25)16-17-30(26,2)29(31)34/h5-13,24-26,28-29,34H,3-4,14-20H2,1-2H3/t24-,25-,26+,28-,29-,30+,31-/m1/s1. The highest BCUT2D eigenvalue weighted by atomic mass is 16.5. The Morgan fingerprint density at radius 2 is 1.86 bits per heavy atom. The van der Waals surface area contributed by atoms with Gasteiger partial charge in [0.2, 0.25) is 5.91 Å². The molecule has 3 fully saturated rings. The number of nitrogens with zero attached hydrogens (tertiary/aromatic N) is 1. The first-order valence-electron chi connectivity index (χ1n) is 13.7. The van der Waals surface area contributed by atoms with E-state index >= 15 is 0 Å². The molecule has 1 N–H and O–H groups in total. The van der Waals surface area contributed by atoms with E-state index in [0.717, 1.165) is 44.1 Å². The zero-order valence-electron chi connectivity index (χ0n) is 21.2. The number of unbranched alkanes of at least 4 members (excludes halogenated alkanes) is 1. The Hall–Kier alpha value is -2.17. The van der Waals surface area contributed by atoms with Crippen LogP contribution in [0.5, 0.6) is 0 Å². The van der Waals surface area contributed by atoms with Crippen LogP contribution in [0.15, 0.2) is 54.6 Å². The number of rotatable bonds is 4. The fourth-order valence-corrected chi connectivity index (χ4v) is 8.45. The molecule has 4 aliphatic rings. The topological polar surface area (TPSA) is 49.8 Å². The van der Waals surface area contributed by atoms with Gasteiger partial charge in [-0.05, 0) is 78.4 Å². The minimum atomic E-state index is -0.756. The number of hydrogen-bond acceptors (Lipinski definition) is 3. The van der Waals surface area contributed by atoms with Crippen LogP contribution in [0.2, 0.25) is 0 Å². The molecule has 3 aliphatic carbocycles. The number of ether oxygens (including phenoxy) is 1. The van der Waals surface area contributed by atoms with Crippen LogP contribution in [-0.2, 0) is 16.0 Å². The number of aliphatic hydroxyl groups excluding tert-OH is 1. The molecule has 1 heterocycles. The van der Waals surface area contributed by atoms with Gasteiger partial charge in [0.05, 0.1) is 12.1 Å². The van der Waals surface area contributed by atoms with E-state index in [1.54, 1.807) is 0 Å². The van der Waals surface area contributed by atoms with E-state index in [1.165, 1.54) is 17.5 Å². The predicted octanol–water partition coefficient (Wildman–Crippen LogP) is 5.65. The molecular weight excluding hydrogens is 434 g/mol. The molecule has 7 atom stereocenters. The second-order valence-corrected chi connectivity index (χ2v) is 11.8. The van der Waals surface area contributed by atoms with Crippen molar-refractivity contribution in [2.24, 2.45) is 17.3 Å². The van der Waals surface area contributed by atoms with Crippen molar-refractivity contribution >= 4 is 5.91 Å². The highest BCUT2D eigenvalue weighted by Gasteiger charge is 2.69. The number of carbonyl (C=O) groups is 1. The van der Waals surface area contributed by atoms with E-state index in [2.05, 4.69) is 50.2 Å². The van der Waals surface area contributed by atoms with Crippen molar-refractivity contribution in [2.75, 3.05) is 13.2 Å². The second kappa shape index (κ2) is 8.74. The van der Waals surface area contributed by atoms with Gasteiger partial charge >= 0.3 is 0 Å². The Balaban J connectivity index is 1.42. The third-order valence-electron chi connectivity index (χ3n) is 10.1. The maximum Gasteiger partial charge on any atom is 0.249 e. The molecular formula is C31H39NO3. The molecule has 0 radical (unpaired) electrons. The lowest BCUT2D eigenvalue weighted by Gasteiger charge is -2.51. The average molecular weight is 474 g/mol. The fourth-order valence-electron chi connectivity index (χ4n) is 8.45. The molecule has 2 aromatic carbocycles. The zero-order valence-corrected chi connectivity index (χ0v) is 21.2. The average Bonchev–Trinajstić information content (AvgIpc) is 3.12. The molecule has 35 heavy (non-hydrogen) atoms. The van der Waals surface area contributed by atoms with Crippen LogP contribution < -0.4 is 0 Å². The number of amides is 1. The smallest absolute Gasteiger partial charge is 0.249 e. The Morgan fingerprint density at radius 1 is 1.09 bits per heavy atom. The van der Waals surface area contributed by atoms with Gasteiger partial charge in [0.15, 0.2) is 0 Å². The number of aliphatic hydroxyl groups is 1. The molecule has 4 nitrogen and oxygen atoms in total. The summed E-state index contributed by atoms with van der Waals surface area (Å²) >= 11 is 0. The lowest BCUT2D eigenvalue weighted by molar-refractivity contribution is -0.208. The highest BCUT2D eigenvalue weighted by Crippen LogP contribution is 2.66. The van der Waals surface area contributed by atoms with Crippen molar-refractivity contribution in [3.63, 3.8) is 0 Å². The third-order valence-corrected chi connectivity index (χ3v) is 10.1. The zero-order chi connectivity index (χ0) is 24.2. The first-order valence-corrected chi connectivity index (χ1v) is 13.7. The summed E-state index contributed by atoms with van der Waals surface area (Å²) in [5.74, 6) is 1.56. The number of fused-ring (bicyclic) bond motifs is 5. The fraction of sp³-hybridized carbons (Fsp3) is 0.581. The van der Waals surface area contributed by atoms with Crippen LogP contribution in [0, 0.1) is 17.3 Å². The molecule has 0 aromatic heterocycles. The Kier molecular flexibility index (Phi) is 5.80. The van der Waals surface area contributed by atoms with Crippen molar-refractivity contribution in [1.29, 1.82) is 0 Å². The quantitative estimate of drug-likeness (QED) is 0.624. The Morgan fingerprint density at radius 3 is 2.66 bits per heavy atom. The number of hydrogen-bond donors (Lipinski definition) is 1. The van der Waals surface area contributed by atoms with Crippen molar-refractivity contribution in [1.82, 2.24) is 4.90 Å². The maximum atomic E-state index is 13.2. The second-order valence-electron chi connectivity index (χ2n) is 11.8. The van der Waals surface area contributed by atoms with Crippen LogP contribution in [0.25, 0.3) is 0 Å². The summed E-state index contributed by atoms with van der Waals surface area (Å²) in [7, 11) is 0. The summed E-state index contributed by atoms with van der Waals surface area (Å²) in [5, 5.41) is 12.2. The molecule has 0 bridgehead atoms. The molecule has 1 amide bonds. The predicted molar refractivity (Wildman–Crippen MR) is 137 cm³/mol. The minimum Gasteiger partial charge on any atom is -0.389 e. The largest absolute Gasteiger partial charge is 0.389 e. The lowest BCUT2D eigenvalue weighted by atomic mass is 9.55. The summed E-state index contributed by atoms with van der Waals surface area (Å²) < 4.78 is 6.59. The number of aryl methyl sites for hydroxylation is 1. The molecule has 4 heteroatoms. The number of morpholine rings is 1. The molecule has 0 unspecified atom stereocenters.